The fourth-order valence-corrected chi connectivity index (χ4v) is 7.51. The van der Waals surface area contributed by atoms with Crippen molar-refractivity contribution in [3.8, 4) is 0 Å². The van der Waals surface area contributed by atoms with Crippen molar-refractivity contribution in [2.45, 2.75) is 238 Å². The van der Waals surface area contributed by atoms with Crippen molar-refractivity contribution in [2.24, 2.45) is 0 Å². The number of carboxylic acid groups (broad SMARTS) is 1. The zero-order valence-corrected chi connectivity index (χ0v) is 37.8. The van der Waals surface area contributed by atoms with Gasteiger partial charge in [-0.15, -0.1) is 0 Å². The summed E-state index contributed by atoms with van der Waals surface area (Å²) in [4.78, 5) is 59.8. The van der Waals surface area contributed by atoms with Crippen LogP contribution in [-0.4, -0.2) is 61.4 Å². The van der Waals surface area contributed by atoms with Gasteiger partial charge in [0.15, 0.2) is 6.10 Å². The maximum atomic E-state index is 12.7. The van der Waals surface area contributed by atoms with Crippen LogP contribution in [-0.2, 0) is 42.3 Å². The largest absolute Gasteiger partial charge is 0.756 e. The van der Waals surface area contributed by atoms with E-state index in [1.807, 2.05) is 0 Å². The van der Waals surface area contributed by atoms with E-state index in [0.717, 1.165) is 38.5 Å². The molecule has 0 spiro atoms. The van der Waals surface area contributed by atoms with Crippen LogP contribution < -0.4 is 10.2 Å². The van der Waals surface area contributed by atoms with E-state index in [2.05, 4.69) is 19.2 Å². The molecule has 0 aliphatic heterocycles. The average Bonchev–Trinajstić information content (AvgIpc) is 3.19. The second-order valence-electron chi connectivity index (χ2n) is 16.0. The number of carbonyl (C=O) groups excluding carboxylic acids is 3. The van der Waals surface area contributed by atoms with E-state index in [0.29, 0.717) is 12.8 Å². The van der Waals surface area contributed by atoms with Gasteiger partial charge in [0.25, 0.3) is 7.82 Å². The molecular weight excluding hydrogens is 761 g/mol. The van der Waals surface area contributed by atoms with Gasteiger partial charge < -0.3 is 33.8 Å². The summed E-state index contributed by atoms with van der Waals surface area (Å²) in [5.41, 5.74) is 0. The molecule has 13 heteroatoms. The standard InChI is InChI=1S/C45H86NO11P/c1-3-5-7-9-11-13-15-17-19-21-23-25-27-29-31-33-44(50)54-39-41(40-56-58(52,53)55-38-37-46-42(47)35-36-43(48)49)57-45(51)34-32-30-28-26-24-22-20-18-16-14-12-10-8-6-4-2/h41H,3-40H2,1-2H3,(H,46,47)(H,48,49)(H,52,53)/p-1/t41-/m1/s1. The number of amides is 1. The second kappa shape index (κ2) is 41.7. The van der Waals surface area contributed by atoms with Gasteiger partial charge in [-0.05, 0) is 12.8 Å². The van der Waals surface area contributed by atoms with E-state index in [-0.39, 0.29) is 38.8 Å². The Labute approximate surface area is 353 Å². The molecule has 12 nitrogen and oxygen atoms in total. The Hall–Kier alpha value is -2.01. The van der Waals surface area contributed by atoms with E-state index in [9.17, 15) is 28.6 Å². The van der Waals surface area contributed by atoms with E-state index < -0.39 is 51.0 Å². The number of esters is 2. The molecule has 0 aliphatic rings. The highest BCUT2D eigenvalue weighted by Gasteiger charge is 2.21. The van der Waals surface area contributed by atoms with Crippen LogP contribution in [0.25, 0.3) is 0 Å². The van der Waals surface area contributed by atoms with Gasteiger partial charge in [-0.2, -0.15) is 0 Å². The topological polar surface area (TPSA) is 178 Å². The number of carbonyl (C=O) groups is 4. The quantitative estimate of drug-likeness (QED) is 0.0338. The van der Waals surface area contributed by atoms with Crippen molar-refractivity contribution < 1.29 is 52.3 Å². The predicted octanol–water partition coefficient (Wildman–Crippen LogP) is 11.4. The molecule has 342 valence electrons. The Morgan fingerprint density at radius 3 is 1.29 bits per heavy atom. The van der Waals surface area contributed by atoms with Gasteiger partial charge in [-0.1, -0.05) is 194 Å². The molecule has 58 heavy (non-hydrogen) atoms. The van der Waals surface area contributed by atoms with Crippen LogP contribution in [0, 0.1) is 0 Å². The summed E-state index contributed by atoms with van der Waals surface area (Å²) < 4.78 is 32.9. The molecule has 0 saturated carbocycles. The first kappa shape index (κ1) is 56.0. The number of hydrogen-bond donors (Lipinski definition) is 2. The van der Waals surface area contributed by atoms with E-state index in [1.54, 1.807) is 0 Å². The molecule has 0 aromatic rings. The first-order valence-electron chi connectivity index (χ1n) is 23.5. The minimum atomic E-state index is -4.86. The van der Waals surface area contributed by atoms with Crippen molar-refractivity contribution >= 4 is 31.6 Å². The van der Waals surface area contributed by atoms with Gasteiger partial charge in [0.1, 0.15) is 6.61 Å². The van der Waals surface area contributed by atoms with E-state index in [4.69, 9.17) is 23.6 Å². The Morgan fingerprint density at radius 2 is 0.897 bits per heavy atom. The Bertz CT molecular complexity index is 1040. The highest BCUT2D eigenvalue weighted by molar-refractivity contribution is 7.45. The maximum absolute atomic E-state index is 12.7. The number of aliphatic carboxylic acids is 1. The molecule has 2 N–H and O–H groups in total. The maximum Gasteiger partial charge on any atom is 0.306 e. The van der Waals surface area contributed by atoms with Gasteiger partial charge in [0.2, 0.25) is 5.91 Å². The van der Waals surface area contributed by atoms with Crippen LogP contribution in [0.1, 0.15) is 232 Å². The van der Waals surface area contributed by atoms with Crippen LogP contribution in [0.3, 0.4) is 0 Å². The molecule has 0 aromatic heterocycles. The third-order valence-electron chi connectivity index (χ3n) is 10.4. The lowest BCUT2D eigenvalue weighted by Gasteiger charge is -2.25. The first-order valence-corrected chi connectivity index (χ1v) is 25.0. The molecule has 1 unspecified atom stereocenters. The summed E-state index contributed by atoms with van der Waals surface area (Å²) in [5, 5.41) is 11.0. The molecular formula is C45H85NO11P-. The summed E-state index contributed by atoms with van der Waals surface area (Å²) in [6.45, 7) is 2.94. The molecule has 0 heterocycles. The Balaban J connectivity index is 4.44. The normalized spacial score (nSPS) is 12.9. The second-order valence-corrected chi connectivity index (χ2v) is 17.4. The highest BCUT2D eigenvalue weighted by Crippen LogP contribution is 2.38. The lowest BCUT2D eigenvalue weighted by Crippen LogP contribution is -2.31. The number of carboxylic acids is 1. The van der Waals surface area contributed by atoms with Crippen molar-refractivity contribution in [1.82, 2.24) is 5.32 Å². The number of phosphoric acid groups is 1. The average molecular weight is 847 g/mol. The van der Waals surface area contributed by atoms with Crippen LogP contribution >= 0.6 is 7.82 Å². The number of hydrogen-bond acceptors (Lipinski definition) is 10. The van der Waals surface area contributed by atoms with Crippen molar-refractivity contribution in [3.63, 3.8) is 0 Å². The van der Waals surface area contributed by atoms with Crippen molar-refractivity contribution in [1.29, 1.82) is 0 Å². The SMILES string of the molecule is CCCCCCCCCCCCCCCCCC(=O)OC[C@H](COP(=O)([O-])OCCNC(=O)CCC(=O)O)OC(=O)CCCCCCCCCCCCCCCCC. The van der Waals surface area contributed by atoms with Gasteiger partial charge in [-0.25, -0.2) is 0 Å². The van der Waals surface area contributed by atoms with Gasteiger partial charge in [0.05, 0.1) is 19.6 Å². The third kappa shape index (κ3) is 42.1. The summed E-state index contributed by atoms with van der Waals surface area (Å²) in [7, 11) is -4.86. The molecule has 0 radical (unpaired) electrons. The summed E-state index contributed by atoms with van der Waals surface area (Å²) in [6, 6.07) is 0. The number of phosphoric ester groups is 1. The zero-order chi connectivity index (χ0) is 42.8. The summed E-state index contributed by atoms with van der Waals surface area (Å²) in [5.74, 6) is -2.64. The van der Waals surface area contributed by atoms with Gasteiger partial charge in [-0.3, -0.25) is 23.7 Å². The first-order chi connectivity index (χ1) is 28.1. The minimum absolute atomic E-state index is 0.162. The van der Waals surface area contributed by atoms with Gasteiger partial charge >= 0.3 is 17.9 Å². The Morgan fingerprint density at radius 1 is 0.517 bits per heavy atom. The number of rotatable bonds is 45. The molecule has 0 saturated heterocycles. The minimum Gasteiger partial charge on any atom is -0.756 e. The molecule has 0 aliphatic carbocycles. The molecule has 0 aromatic carbocycles. The van der Waals surface area contributed by atoms with E-state index in [1.165, 1.54) is 141 Å². The summed E-state index contributed by atoms with van der Waals surface area (Å²) in [6.07, 6.45) is 35.1. The lowest BCUT2D eigenvalue weighted by atomic mass is 10.0. The van der Waals surface area contributed by atoms with Crippen LogP contribution in [0.4, 0.5) is 0 Å². The van der Waals surface area contributed by atoms with Crippen LogP contribution in [0.2, 0.25) is 0 Å². The fraction of sp³-hybridized carbons (Fsp3) is 0.911. The number of nitrogens with one attached hydrogen (secondary N) is 1. The Kier molecular flexibility index (Phi) is 40.3. The predicted molar refractivity (Wildman–Crippen MR) is 229 cm³/mol. The molecule has 1 amide bonds. The van der Waals surface area contributed by atoms with Crippen molar-refractivity contribution in [2.75, 3.05) is 26.4 Å². The fourth-order valence-electron chi connectivity index (χ4n) is 6.77. The lowest BCUT2D eigenvalue weighted by molar-refractivity contribution is -0.228. The summed E-state index contributed by atoms with van der Waals surface area (Å²) >= 11 is 0. The van der Waals surface area contributed by atoms with Gasteiger partial charge in [0, 0.05) is 25.8 Å². The molecule has 0 rings (SSSR count). The third-order valence-corrected chi connectivity index (χ3v) is 11.3. The zero-order valence-electron chi connectivity index (χ0n) is 36.9. The van der Waals surface area contributed by atoms with E-state index >= 15 is 0 Å². The highest BCUT2D eigenvalue weighted by atomic mass is 31.2. The number of ether oxygens (including phenoxy) is 2. The number of unbranched alkanes of at least 4 members (excludes halogenated alkanes) is 28. The monoisotopic (exact) mass is 847 g/mol. The van der Waals surface area contributed by atoms with Crippen LogP contribution in [0.15, 0.2) is 0 Å². The molecule has 0 bridgehead atoms. The van der Waals surface area contributed by atoms with Crippen molar-refractivity contribution in [3.05, 3.63) is 0 Å². The molecule has 2 atom stereocenters. The van der Waals surface area contributed by atoms with Crippen LogP contribution in [0.5, 0.6) is 0 Å². The smallest absolute Gasteiger partial charge is 0.306 e. The molecule has 0 fully saturated rings.